The van der Waals surface area contributed by atoms with Crippen molar-refractivity contribution in [3.05, 3.63) is 11.1 Å². The molecular formula is C17H23N7O10S2. The third-order valence-corrected chi connectivity index (χ3v) is 6.81. The molecule has 0 saturated carbocycles. The number of hydrogen-bond donors (Lipinski definition) is 5. The number of β-lactam (4-membered cyclic amide) rings is 1. The van der Waals surface area contributed by atoms with Gasteiger partial charge in [0.1, 0.15) is 17.8 Å². The van der Waals surface area contributed by atoms with Gasteiger partial charge in [-0.15, -0.1) is 11.3 Å². The van der Waals surface area contributed by atoms with E-state index in [1.54, 1.807) is 0 Å². The second-order valence-electron chi connectivity index (χ2n) is 8.19. The van der Waals surface area contributed by atoms with E-state index >= 15 is 0 Å². The number of nitrogens with zero attached hydrogens (tertiary/aromatic N) is 4. The van der Waals surface area contributed by atoms with Crippen molar-refractivity contribution in [2.24, 2.45) is 10.9 Å². The van der Waals surface area contributed by atoms with Gasteiger partial charge in [-0.05, 0) is 13.8 Å². The molecule has 19 heteroatoms. The highest BCUT2D eigenvalue weighted by molar-refractivity contribution is 7.84. The lowest BCUT2D eigenvalue weighted by atomic mass is 9.97. The van der Waals surface area contributed by atoms with Crippen LogP contribution >= 0.6 is 11.3 Å². The van der Waals surface area contributed by atoms with E-state index in [1.807, 2.05) is 0 Å². The SMILES string of the molecule is CC(C)(ON=C(C(=O)N[C@@H]1C(=O)N(S(=O)(=O)O)[C@@H]1CN1CC(CN)OC1=O)c1csc(N)n1)C(=O)O. The summed E-state index contributed by atoms with van der Waals surface area (Å²) in [5, 5.41) is 16.4. The van der Waals surface area contributed by atoms with Crippen molar-refractivity contribution in [3.63, 3.8) is 0 Å². The molecule has 2 saturated heterocycles. The number of anilines is 1. The molecule has 36 heavy (non-hydrogen) atoms. The molecule has 3 rings (SSSR count). The number of thiazole rings is 1. The van der Waals surface area contributed by atoms with Crippen LogP contribution in [0.3, 0.4) is 0 Å². The van der Waals surface area contributed by atoms with Crippen molar-refractivity contribution in [2.75, 3.05) is 25.4 Å². The van der Waals surface area contributed by atoms with Crippen LogP contribution in [0, 0.1) is 0 Å². The monoisotopic (exact) mass is 549 g/mol. The number of amides is 3. The van der Waals surface area contributed by atoms with Gasteiger partial charge in [0.15, 0.2) is 10.8 Å². The number of ether oxygens (including phenoxy) is 1. The van der Waals surface area contributed by atoms with E-state index in [2.05, 4.69) is 15.5 Å². The second-order valence-corrected chi connectivity index (χ2v) is 10.4. The molecular weight excluding hydrogens is 526 g/mol. The molecule has 2 fully saturated rings. The fourth-order valence-electron chi connectivity index (χ4n) is 3.22. The van der Waals surface area contributed by atoms with Crippen LogP contribution in [-0.4, -0.2) is 105 Å². The molecule has 1 aromatic rings. The lowest BCUT2D eigenvalue weighted by molar-refractivity contribution is -0.161. The van der Waals surface area contributed by atoms with Gasteiger partial charge in [0.25, 0.3) is 11.8 Å². The zero-order valence-electron chi connectivity index (χ0n) is 18.9. The Hall–Kier alpha value is -3.55. The maximum absolute atomic E-state index is 13.0. The van der Waals surface area contributed by atoms with Gasteiger partial charge in [0.05, 0.1) is 12.6 Å². The number of nitrogen functional groups attached to an aromatic ring is 1. The van der Waals surface area contributed by atoms with Crippen molar-refractivity contribution < 1.29 is 46.8 Å². The van der Waals surface area contributed by atoms with E-state index in [1.165, 1.54) is 19.2 Å². The Morgan fingerprint density at radius 1 is 1.42 bits per heavy atom. The summed E-state index contributed by atoms with van der Waals surface area (Å²) in [7, 11) is -5.04. The molecule has 198 valence electrons. The number of hydrogen-bond acceptors (Lipinski definition) is 13. The number of cyclic esters (lactones) is 1. The summed E-state index contributed by atoms with van der Waals surface area (Å²) in [5.41, 5.74) is 8.56. The molecule has 3 atom stereocenters. The molecule has 0 aromatic carbocycles. The molecule has 7 N–H and O–H groups in total. The van der Waals surface area contributed by atoms with Gasteiger partial charge in [-0.25, -0.2) is 18.9 Å². The minimum absolute atomic E-state index is 0.00268. The molecule has 2 aliphatic rings. The lowest BCUT2D eigenvalue weighted by Crippen LogP contribution is -2.74. The van der Waals surface area contributed by atoms with Crippen LogP contribution in [0.4, 0.5) is 9.93 Å². The predicted octanol–water partition coefficient (Wildman–Crippen LogP) is -2.41. The Morgan fingerprint density at radius 3 is 2.58 bits per heavy atom. The van der Waals surface area contributed by atoms with Crippen LogP contribution in [0.1, 0.15) is 19.5 Å². The van der Waals surface area contributed by atoms with Gasteiger partial charge < -0.3 is 36.4 Å². The summed E-state index contributed by atoms with van der Waals surface area (Å²) in [4.78, 5) is 58.9. The third kappa shape index (κ3) is 5.48. The van der Waals surface area contributed by atoms with Crippen LogP contribution in [0.2, 0.25) is 0 Å². The van der Waals surface area contributed by atoms with E-state index in [0.717, 1.165) is 16.2 Å². The van der Waals surface area contributed by atoms with E-state index < -0.39 is 70.2 Å². The van der Waals surface area contributed by atoms with E-state index in [-0.39, 0.29) is 28.2 Å². The average molecular weight is 550 g/mol. The molecule has 3 amide bonds. The first-order valence-electron chi connectivity index (χ1n) is 10.1. The maximum Gasteiger partial charge on any atom is 0.410 e. The molecule has 0 bridgehead atoms. The van der Waals surface area contributed by atoms with Crippen molar-refractivity contribution >= 4 is 56.4 Å². The molecule has 17 nitrogen and oxygen atoms in total. The van der Waals surface area contributed by atoms with Gasteiger partial charge in [-0.3, -0.25) is 14.1 Å². The standard InChI is InChI=1S/C17H23N7O10S2/c1-17(2,14(27)28)34-22-10(8-6-35-15(19)20-8)12(25)21-11-9(24(13(11)26)36(30,31)32)5-23-4-7(3-18)33-16(23)29/h6-7,9,11H,3-5,18H2,1-2H3,(H2,19,20)(H,21,25)(H,27,28)(H,30,31,32)/t7?,9-,11+/m1/s1. The normalized spacial score (nSPS) is 22.8. The fraction of sp³-hybridized carbons (Fsp3) is 0.529. The molecule has 1 unspecified atom stereocenters. The summed E-state index contributed by atoms with van der Waals surface area (Å²) in [6.45, 7) is 1.90. The van der Waals surface area contributed by atoms with Gasteiger partial charge in [-0.2, -0.15) is 8.42 Å². The maximum atomic E-state index is 13.0. The molecule has 1 aromatic heterocycles. The highest BCUT2D eigenvalue weighted by atomic mass is 32.2. The van der Waals surface area contributed by atoms with Crippen molar-refractivity contribution in [3.8, 4) is 0 Å². The fourth-order valence-corrected chi connectivity index (χ4v) is 4.64. The largest absolute Gasteiger partial charge is 0.478 e. The number of carboxylic acid groups (broad SMARTS) is 1. The van der Waals surface area contributed by atoms with Crippen LogP contribution in [0.5, 0.6) is 0 Å². The highest BCUT2D eigenvalue weighted by Gasteiger charge is 2.55. The topological polar surface area (TPSA) is 257 Å². The van der Waals surface area contributed by atoms with E-state index in [9.17, 15) is 37.3 Å². The molecule has 0 radical (unpaired) electrons. The van der Waals surface area contributed by atoms with Gasteiger partial charge >= 0.3 is 22.4 Å². The quantitative estimate of drug-likeness (QED) is 0.0882. The highest BCUT2D eigenvalue weighted by Crippen LogP contribution is 2.26. The summed E-state index contributed by atoms with van der Waals surface area (Å²) in [5.74, 6) is -3.68. The summed E-state index contributed by atoms with van der Waals surface area (Å²) in [6, 6.07) is -2.93. The van der Waals surface area contributed by atoms with Crippen molar-refractivity contribution in [1.29, 1.82) is 0 Å². The zero-order chi connectivity index (χ0) is 27.0. The molecule has 2 aliphatic heterocycles. The predicted molar refractivity (Wildman–Crippen MR) is 121 cm³/mol. The van der Waals surface area contributed by atoms with E-state index in [0.29, 0.717) is 0 Å². The number of carbonyl (C=O) groups is 4. The number of aliphatic carboxylic acids is 1. The summed E-state index contributed by atoms with van der Waals surface area (Å²) in [6.07, 6.45) is -1.49. The van der Waals surface area contributed by atoms with Crippen LogP contribution in [-0.2, 0) is 34.3 Å². The number of nitrogens with two attached hydrogens (primary N) is 2. The first kappa shape index (κ1) is 27.0. The van der Waals surface area contributed by atoms with Crippen LogP contribution in [0.25, 0.3) is 0 Å². The van der Waals surface area contributed by atoms with E-state index in [4.69, 9.17) is 21.0 Å². The number of carboxylic acids is 1. The zero-order valence-corrected chi connectivity index (χ0v) is 20.5. The minimum Gasteiger partial charge on any atom is -0.478 e. The smallest absolute Gasteiger partial charge is 0.410 e. The first-order chi connectivity index (χ1) is 16.7. The summed E-state index contributed by atoms with van der Waals surface area (Å²) < 4.78 is 38.1. The minimum atomic E-state index is -5.04. The number of aromatic nitrogens is 1. The molecule has 3 heterocycles. The number of oxime groups is 1. The average Bonchev–Trinajstić information content (AvgIpc) is 3.35. The van der Waals surface area contributed by atoms with Gasteiger partial charge in [0.2, 0.25) is 5.60 Å². The van der Waals surface area contributed by atoms with Gasteiger partial charge in [-0.1, -0.05) is 5.16 Å². The second kappa shape index (κ2) is 9.84. The van der Waals surface area contributed by atoms with Crippen LogP contribution in [0.15, 0.2) is 10.5 Å². The Morgan fingerprint density at radius 2 is 2.08 bits per heavy atom. The van der Waals surface area contributed by atoms with Crippen molar-refractivity contribution in [2.45, 2.75) is 37.6 Å². The lowest BCUT2D eigenvalue weighted by Gasteiger charge is -2.45. The Balaban J connectivity index is 1.86. The number of carbonyl (C=O) groups excluding carboxylic acids is 3. The molecule has 0 spiro atoms. The van der Waals surface area contributed by atoms with Crippen molar-refractivity contribution in [1.82, 2.24) is 19.5 Å². The Labute approximate surface area is 207 Å². The Kier molecular flexibility index (Phi) is 7.39. The number of nitrogens with one attached hydrogen (secondary N) is 1. The Bertz CT molecular complexity index is 1210. The number of rotatable bonds is 10. The van der Waals surface area contributed by atoms with Gasteiger partial charge in [0, 0.05) is 18.5 Å². The van der Waals surface area contributed by atoms with Crippen LogP contribution < -0.4 is 16.8 Å². The molecule has 0 aliphatic carbocycles. The summed E-state index contributed by atoms with van der Waals surface area (Å²) >= 11 is 0.935. The third-order valence-electron chi connectivity index (χ3n) is 5.18. The first-order valence-corrected chi connectivity index (χ1v) is 12.4.